The van der Waals surface area contributed by atoms with E-state index < -0.39 is 0 Å². The Morgan fingerprint density at radius 2 is 1.67 bits per heavy atom. The SMILES string of the molecule is CCOc1ccc(C(=O)NNC(=O)C[C@H](C)c2ccccc2)cc1. The van der Waals surface area contributed by atoms with Crippen molar-refractivity contribution < 1.29 is 14.3 Å². The largest absolute Gasteiger partial charge is 0.494 e. The summed E-state index contributed by atoms with van der Waals surface area (Å²) in [6.45, 7) is 4.44. The van der Waals surface area contributed by atoms with E-state index in [0.29, 0.717) is 24.3 Å². The Labute approximate surface area is 142 Å². The number of amides is 2. The van der Waals surface area contributed by atoms with Gasteiger partial charge in [0.2, 0.25) is 5.91 Å². The number of nitrogens with one attached hydrogen (secondary N) is 2. The highest BCUT2D eigenvalue weighted by Gasteiger charge is 2.12. The summed E-state index contributed by atoms with van der Waals surface area (Å²) in [5.41, 5.74) is 6.42. The second kappa shape index (κ2) is 8.72. The molecule has 0 radical (unpaired) electrons. The van der Waals surface area contributed by atoms with Crippen molar-refractivity contribution in [2.75, 3.05) is 6.61 Å². The molecule has 5 heteroatoms. The van der Waals surface area contributed by atoms with Gasteiger partial charge < -0.3 is 4.74 Å². The molecule has 0 heterocycles. The number of rotatable bonds is 6. The first-order valence-electron chi connectivity index (χ1n) is 7.97. The van der Waals surface area contributed by atoms with Crippen molar-refractivity contribution in [1.82, 2.24) is 10.9 Å². The molecule has 2 aromatic carbocycles. The fraction of sp³-hybridized carbons (Fsp3) is 0.263. The average molecular weight is 326 g/mol. The van der Waals surface area contributed by atoms with Crippen molar-refractivity contribution in [2.24, 2.45) is 0 Å². The van der Waals surface area contributed by atoms with E-state index in [1.165, 1.54) is 0 Å². The zero-order valence-corrected chi connectivity index (χ0v) is 13.9. The molecule has 24 heavy (non-hydrogen) atoms. The van der Waals surface area contributed by atoms with Crippen molar-refractivity contribution in [3.05, 3.63) is 65.7 Å². The summed E-state index contributed by atoms with van der Waals surface area (Å²) in [5.74, 6) is 0.188. The molecule has 0 fully saturated rings. The molecule has 0 aliphatic carbocycles. The second-order valence-electron chi connectivity index (χ2n) is 5.48. The highest BCUT2D eigenvalue weighted by atomic mass is 16.5. The van der Waals surface area contributed by atoms with Crippen LogP contribution >= 0.6 is 0 Å². The number of carbonyl (C=O) groups is 2. The van der Waals surface area contributed by atoms with Crippen LogP contribution in [0, 0.1) is 0 Å². The molecule has 2 amide bonds. The summed E-state index contributed by atoms with van der Waals surface area (Å²) in [4.78, 5) is 24.0. The van der Waals surface area contributed by atoms with Gasteiger partial charge in [0.15, 0.2) is 0 Å². The van der Waals surface area contributed by atoms with Crippen LogP contribution in [-0.4, -0.2) is 18.4 Å². The molecule has 5 nitrogen and oxygen atoms in total. The van der Waals surface area contributed by atoms with E-state index in [9.17, 15) is 9.59 Å². The molecule has 0 saturated heterocycles. The van der Waals surface area contributed by atoms with Crippen LogP contribution in [0.3, 0.4) is 0 Å². The quantitative estimate of drug-likeness (QED) is 0.802. The summed E-state index contributed by atoms with van der Waals surface area (Å²) >= 11 is 0. The van der Waals surface area contributed by atoms with Gasteiger partial charge in [-0.15, -0.1) is 0 Å². The monoisotopic (exact) mass is 326 g/mol. The number of hydrogen-bond acceptors (Lipinski definition) is 3. The van der Waals surface area contributed by atoms with Crippen molar-refractivity contribution in [1.29, 1.82) is 0 Å². The van der Waals surface area contributed by atoms with Gasteiger partial charge in [0, 0.05) is 12.0 Å². The molecule has 2 rings (SSSR count). The molecule has 0 spiro atoms. The van der Waals surface area contributed by atoms with Crippen LogP contribution in [0.25, 0.3) is 0 Å². The summed E-state index contributed by atoms with van der Waals surface area (Å²) in [6, 6.07) is 16.5. The summed E-state index contributed by atoms with van der Waals surface area (Å²) in [5, 5.41) is 0. The van der Waals surface area contributed by atoms with Gasteiger partial charge in [0.05, 0.1) is 6.61 Å². The fourth-order valence-electron chi connectivity index (χ4n) is 2.30. The lowest BCUT2D eigenvalue weighted by Gasteiger charge is -2.12. The maximum absolute atomic E-state index is 12.0. The van der Waals surface area contributed by atoms with Crippen LogP contribution < -0.4 is 15.6 Å². The van der Waals surface area contributed by atoms with Gasteiger partial charge in [-0.1, -0.05) is 37.3 Å². The van der Waals surface area contributed by atoms with Crippen LogP contribution in [0.5, 0.6) is 5.75 Å². The molecule has 0 bridgehead atoms. The summed E-state index contributed by atoms with van der Waals surface area (Å²) in [7, 11) is 0. The van der Waals surface area contributed by atoms with Gasteiger partial charge in [0.25, 0.3) is 5.91 Å². The third-order valence-corrected chi connectivity index (χ3v) is 3.60. The first-order valence-corrected chi connectivity index (χ1v) is 7.97. The zero-order valence-electron chi connectivity index (χ0n) is 13.9. The van der Waals surface area contributed by atoms with E-state index in [1.54, 1.807) is 24.3 Å². The zero-order chi connectivity index (χ0) is 17.4. The van der Waals surface area contributed by atoms with Crippen molar-refractivity contribution in [3.63, 3.8) is 0 Å². The molecule has 0 aliphatic heterocycles. The van der Waals surface area contributed by atoms with Crippen LogP contribution in [-0.2, 0) is 4.79 Å². The second-order valence-corrected chi connectivity index (χ2v) is 5.48. The molecule has 0 saturated carbocycles. The topological polar surface area (TPSA) is 67.4 Å². The maximum Gasteiger partial charge on any atom is 0.269 e. The van der Waals surface area contributed by atoms with Crippen LogP contribution in [0.2, 0.25) is 0 Å². The highest BCUT2D eigenvalue weighted by molar-refractivity contribution is 5.95. The Morgan fingerprint density at radius 1 is 1.00 bits per heavy atom. The van der Waals surface area contributed by atoms with Gasteiger partial charge in [-0.3, -0.25) is 20.4 Å². The number of benzene rings is 2. The lowest BCUT2D eigenvalue weighted by atomic mass is 9.98. The molecule has 2 N–H and O–H groups in total. The van der Waals surface area contributed by atoms with Gasteiger partial charge in [-0.2, -0.15) is 0 Å². The fourth-order valence-corrected chi connectivity index (χ4v) is 2.30. The Morgan fingerprint density at radius 3 is 2.29 bits per heavy atom. The summed E-state index contributed by atoms with van der Waals surface area (Å²) in [6.07, 6.45) is 0.299. The molecule has 2 aromatic rings. The first-order chi connectivity index (χ1) is 11.6. The number of hydrogen-bond donors (Lipinski definition) is 2. The molecule has 126 valence electrons. The smallest absolute Gasteiger partial charge is 0.269 e. The van der Waals surface area contributed by atoms with E-state index in [1.807, 2.05) is 44.2 Å². The Hall–Kier alpha value is -2.82. The lowest BCUT2D eigenvalue weighted by Crippen LogP contribution is -2.41. The van der Waals surface area contributed by atoms with Gasteiger partial charge in [0.1, 0.15) is 5.75 Å². The van der Waals surface area contributed by atoms with Gasteiger partial charge >= 0.3 is 0 Å². The van der Waals surface area contributed by atoms with Crippen molar-refractivity contribution >= 4 is 11.8 Å². The molecule has 0 aromatic heterocycles. The third kappa shape index (κ3) is 5.12. The van der Waals surface area contributed by atoms with E-state index in [4.69, 9.17) is 4.74 Å². The lowest BCUT2D eigenvalue weighted by molar-refractivity contribution is -0.122. The first kappa shape index (κ1) is 17.5. The summed E-state index contributed by atoms with van der Waals surface area (Å²) < 4.78 is 5.32. The highest BCUT2D eigenvalue weighted by Crippen LogP contribution is 2.18. The molecular formula is C19H22N2O3. The normalized spacial score (nSPS) is 11.4. The van der Waals surface area contributed by atoms with Crippen LogP contribution in [0.1, 0.15) is 42.1 Å². The predicted molar refractivity (Wildman–Crippen MR) is 92.7 cm³/mol. The van der Waals surface area contributed by atoms with E-state index in [0.717, 1.165) is 5.56 Å². The van der Waals surface area contributed by atoms with E-state index in [-0.39, 0.29) is 17.7 Å². The minimum Gasteiger partial charge on any atom is -0.494 e. The minimum absolute atomic E-state index is 0.0774. The number of ether oxygens (including phenoxy) is 1. The molecule has 0 unspecified atom stereocenters. The average Bonchev–Trinajstić information content (AvgIpc) is 2.61. The maximum atomic E-state index is 12.0. The predicted octanol–water partition coefficient (Wildman–Crippen LogP) is 3.04. The minimum atomic E-state index is -0.362. The Bertz CT molecular complexity index is 669. The van der Waals surface area contributed by atoms with E-state index in [2.05, 4.69) is 10.9 Å². The number of hydrazine groups is 1. The van der Waals surface area contributed by atoms with Crippen LogP contribution in [0.4, 0.5) is 0 Å². The van der Waals surface area contributed by atoms with Gasteiger partial charge in [-0.25, -0.2) is 0 Å². The van der Waals surface area contributed by atoms with E-state index >= 15 is 0 Å². The molecule has 1 atom stereocenters. The standard InChI is InChI=1S/C19H22N2O3/c1-3-24-17-11-9-16(10-12-17)19(23)21-20-18(22)13-14(2)15-7-5-4-6-8-15/h4-12,14H,3,13H2,1-2H3,(H,20,22)(H,21,23)/t14-/m0/s1. The number of carbonyl (C=O) groups excluding carboxylic acids is 2. The Kier molecular flexibility index (Phi) is 6.37. The Balaban J connectivity index is 1.81. The third-order valence-electron chi connectivity index (χ3n) is 3.60. The van der Waals surface area contributed by atoms with Crippen LogP contribution in [0.15, 0.2) is 54.6 Å². The van der Waals surface area contributed by atoms with Gasteiger partial charge in [-0.05, 0) is 42.7 Å². The van der Waals surface area contributed by atoms with Crippen molar-refractivity contribution in [2.45, 2.75) is 26.2 Å². The van der Waals surface area contributed by atoms with Crippen molar-refractivity contribution in [3.8, 4) is 5.75 Å². The molecule has 0 aliphatic rings. The molecular weight excluding hydrogens is 304 g/mol.